The standard InChI is InChI=1S/C21H28O2.C2H4O2/c1-13(22)20(2)11-9-19-18-6-4-14-12-15(23)5-7-16(14)17(18)8-10-21(19,20)3;1-2(3)4/h12,18-19H,4-11H2,1-3H3;1H3,(H,3,4)/t18-,19+,20-,21+;/m1./s1. The van der Waals surface area contributed by atoms with Crippen molar-refractivity contribution in [2.45, 2.75) is 79.1 Å². The fraction of sp³-hybridized carbons (Fsp3) is 0.696. The van der Waals surface area contributed by atoms with E-state index in [1.165, 1.54) is 24.0 Å². The predicted molar refractivity (Wildman–Crippen MR) is 104 cm³/mol. The van der Waals surface area contributed by atoms with Crippen molar-refractivity contribution < 1.29 is 19.5 Å². The molecule has 4 nitrogen and oxygen atoms in total. The normalized spacial score (nSPS) is 37.3. The molecule has 0 radical (unpaired) electrons. The first-order valence-electron chi connectivity index (χ1n) is 10.3. The second-order valence-electron chi connectivity index (χ2n) is 9.25. The molecule has 2 fully saturated rings. The third kappa shape index (κ3) is 3.21. The van der Waals surface area contributed by atoms with Crippen LogP contribution in [-0.4, -0.2) is 22.6 Å². The number of fused-ring (bicyclic) bond motifs is 4. The van der Waals surface area contributed by atoms with Crippen molar-refractivity contribution in [3.8, 4) is 0 Å². The molecule has 4 rings (SSSR count). The van der Waals surface area contributed by atoms with Crippen LogP contribution >= 0.6 is 0 Å². The fourth-order valence-corrected chi connectivity index (χ4v) is 6.38. The van der Waals surface area contributed by atoms with E-state index in [1.54, 1.807) is 12.5 Å². The number of ketones is 2. The van der Waals surface area contributed by atoms with Gasteiger partial charge in [-0.2, -0.15) is 0 Å². The van der Waals surface area contributed by atoms with Crippen LogP contribution in [0.15, 0.2) is 22.8 Å². The molecule has 4 heteroatoms. The quantitative estimate of drug-likeness (QED) is 0.712. The zero-order valence-corrected chi connectivity index (χ0v) is 17.1. The molecule has 4 atom stereocenters. The molecule has 0 aliphatic heterocycles. The van der Waals surface area contributed by atoms with Gasteiger partial charge in [0.15, 0.2) is 5.78 Å². The Kier molecular flexibility index (Phi) is 5.22. The molecule has 0 aromatic heterocycles. The molecule has 0 unspecified atom stereocenters. The first-order valence-corrected chi connectivity index (χ1v) is 10.3. The number of rotatable bonds is 1. The number of carbonyl (C=O) groups excluding carboxylic acids is 2. The van der Waals surface area contributed by atoms with Crippen LogP contribution in [0.2, 0.25) is 0 Å². The molecule has 0 amide bonds. The Bertz CT molecular complexity index is 739. The zero-order valence-electron chi connectivity index (χ0n) is 17.1. The summed E-state index contributed by atoms with van der Waals surface area (Å²) in [6, 6.07) is 0. The van der Waals surface area contributed by atoms with Crippen LogP contribution in [0, 0.1) is 22.7 Å². The SMILES string of the molecule is CC(=O)O.CC(=O)[C@@]1(C)CC[C@H]2[C@@H]3CCC4=CC(=O)CCC4=C3CC[C@@]21C. The Labute approximate surface area is 162 Å². The van der Waals surface area contributed by atoms with Crippen LogP contribution in [-0.2, 0) is 14.4 Å². The monoisotopic (exact) mass is 372 g/mol. The van der Waals surface area contributed by atoms with E-state index in [1.807, 2.05) is 6.08 Å². The van der Waals surface area contributed by atoms with Crippen LogP contribution in [0.4, 0.5) is 0 Å². The lowest BCUT2D eigenvalue weighted by Gasteiger charge is -2.52. The average molecular weight is 373 g/mol. The Morgan fingerprint density at radius 3 is 2.33 bits per heavy atom. The predicted octanol–water partition coefficient (Wildman–Crippen LogP) is 4.88. The molecular formula is C23H32O4. The van der Waals surface area contributed by atoms with E-state index in [9.17, 15) is 9.59 Å². The lowest BCUT2D eigenvalue weighted by Crippen LogP contribution is -2.47. The van der Waals surface area contributed by atoms with Gasteiger partial charge in [-0.05, 0) is 86.3 Å². The van der Waals surface area contributed by atoms with Gasteiger partial charge in [0.2, 0.25) is 0 Å². The van der Waals surface area contributed by atoms with E-state index in [-0.39, 0.29) is 10.8 Å². The van der Waals surface area contributed by atoms with Crippen LogP contribution in [0.5, 0.6) is 0 Å². The summed E-state index contributed by atoms with van der Waals surface area (Å²) in [5, 5.41) is 7.42. The summed E-state index contributed by atoms with van der Waals surface area (Å²) in [6.07, 6.45) is 10.4. The van der Waals surface area contributed by atoms with Gasteiger partial charge in [0.1, 0.15) is 5.78 Å². The summed E-state index contributed by atoms with van der Waals surface area (Å²) in [5.74, 6) is 1.19. The van der Waals surface area contributed by atoms with Crippen molar-refractivity contribution in [1.29, 1.82) is 0 Å². The summed E-state index contributed by atoms with van der Waals surface area (Å²) in [6.45, 7) is 7.50. The number of hydrogen-bond acceptors (Lipinski definition) is 3. The maximum absolute atomic E-state index is 12.4. The summed E-state index contributed by atoms with van der Waals surface area (Å²) in [5.41, 5.74) is 4.55. The number of hydrogen-bond donors (Lipinski definition) is 1. The molecule has 0 heterocycles. The maximum Gasteiger partial charge on any atom is 0.300 e. The first kappa shape index (κ1) is 20.0. The highest BCUT2D eigenvalue weighted by Crippen LogP contribution is 2.66. The highest BCUT2D eigenvalue weighted by molar-refractivity contribution is 5.93. The topological polar surface area (TPSA) is 71.4 Å². The lowest BCUT2D eigenvalue weighted by atomic mass is 9.52. The van der Waals surface area contributed by atoms with Crippen LogP contribution < -0.4 is 0 Å². The molecule has 0 bridgehead atoms. The molecule has 148 valence electrons. The van der Waals surface area contributed by atoms with Crippen molar-refractivity contribution in [3.05, 3.63) is 22.8 Å². The Balaban J connectivity index is 0.000000481. The van der Waals surface area contributed by atoms with Gasteiger partial charge in [-0.25, -0.2) is 0 Å². The molecule has 4 aliphatic carbocycles. The maximum atomic E-state index is 12.4. The minimum atomic E-state index is -0.833. The second-order valence-corrected chi connectivity index (χ2v) is 9.25. The molecular weight excluding hydrogens is 340 g/mol. The van der Waals surface area contributed by atoms with Gasteiger partial charge in [0.05, 0.1) is 0 Å². The highest BCUT2D eigenvalue weighted by atomic mass is 16.4. The smallest absolute Gasteiger partial charge is 0.300 e. The van der Waals surface area contributed by atoms with Crippen molar-refractivity contribution in [2.24, 2.45) is 22.7 Å². The van der Waals surface area contributed by atoms with E-state index < -0.39 is 5.97 Å². The average Bonchev–Trinajstić information content (AvgIpc) is 2.87. The molecule has 0 saturated heterocycles. The van der Waals surface area contributed by atoms with Gasteiger partial charge in [0.25, 0.3) is 5.97 Å². The molecule has 4 aliphatic rings. The number of carbonyl (C=O) groups is 3. The van der Waals surface area contributed by atoms with Gasteiger partial charge in [-0.1, -0.05) is 19.4 Å². The Morgan fingerprint density at radius 2 is 1.70 bits per heavy atom. The van der Waals surface area contributed by atoms with Crippen molar-refractivity contribution in [2.75, 3.05) is 0 Å². The summed E-state index contributed by atoms with van der Waals surface area (Å²) >= 11 is 0. The number of carboxylic acids is 1. The number of aliphatic carboxylic acids is 1. The van der Waals surface area contributed by atoms with Gasteiger partial charge in [-0.3, -0.25) is 14.4 Å². The van der Waals surface area contributed by atoms with E-state index in [4.69, 9.17) is 9.90 Å². The fourth-order valence-electron chi connectivity index (χ4n) is 6.38. The molecule has 2 saturated carbocycles. The van der Waals surface area contributed by atoms with Crippen molar-refractivity contribution in [3.63, 3.8) is 0 Å². The Hall–Kier alpha value is -1.71. The molecule has 27 heavy (non-hydrogen) atoms. The minimum absolute atomic E-state index is 0.132. The highest BCUT2D eigenvalue weighted by Gasteiger charge is 2.60. The van der Waals surface area contributed by atoms with E-state index in [0.717, 1.165) is 39.0 Å². The third-order valence-electron chi connectivity index (χ3n) is 8.11. The van der Waals surface area contributed by atoms with E-state index in [2.05, 4.69) is 13.8 Å². The second kappa shape index (κ2) is 7.03. The number of Topliss-reactive ketones (excluding diaryl/α,β-unsaturated/α-hetero) is 1. The number of allylic oxidation sites excluding steroid dienone is 4. The van der Waals surface area contributed by atoms with E-state index >= 15 is 0 Å². The minimum Gasteiger partial charge on any atom is -0.481 e. The third-order valence-corrected chi connectivity index (χ3v) is 8.11. The first-order chi connectivity index (χ1) is 12.6. The molecule has 0 aromatic rings. The van der Waals surface area contributed by atoms with Gasteiger partial charge in [0, 0.05) is 18.8 Å². The summed E-state index contributed by atoms with van der Waals surface area (Å²) < 4.78 is 0. The van der Waals surface area contributed by atoms with Crippen molar-refractivity contribution >= 4 is 17.5 Å². The van der Waals surface area contributed by atoms with Crippen LogP contribution in [0.25, 0.3) is 0 Å². The van der Waals surface area contributed by atoms with Gasteiger partial charge < -0.3 is 5.11 Å². The molecule has 1 N–H and O–H groups in total. The zero-order chi connectivity index (χ0) is 20.0. The van der Waals surface area contributed by atoms with Crippen molar-refractivity contribution in [1.82, 2.24) is 0 Å². The van der Waals surface area contributed by atoms with Gasteiger partial charge in [-0.15, -0.1) is 0 Å². The molecule has 0 spiro atoms. The summed E-state index contributed by atoms with van der Waals surface area (Å²) in [4.78, 5) is 33.1. The molecule has 0 aromatic carbocycles. The largest absolute Gasteiger partial charge is 0.481 e. The number of carboxylic acid groups (broad SMARTS) is 1. The van der Waals surface area contributed by atoms with Crippen LogP contribution in [0.3, 0.4) is 0 Å². The lowest BCUT2D eigenvalue weighted by molar-refractivity contribution is -0.135. The van der Waals surface area contributed by atoms with Gasteiger partial charge >= 0.3 is 0 Å². The van der Waals surface area contributed by atoms with Crippen LogP contribution in [0.1, 0.15) is 79.1 Å². The Morgan fingerprint density at radius 1 is 1.04 bits per heavy atom. The summed E-state index contributed by atoms with van der Waals surface area (Å²) in [7, 11) is 0. The van der Waals surface area contributed by atoms with E-state index in [0.29, 0.717) is 29.8 Å².